The Morgan fingerprint density at radius 2 is 1.93 bits per heavy atom. The fraction of sp³-hybridized carbons (Fsp3) is 0.550. The molecule has 0 spiro atoms. The second-order valence-corrected chi connectivity index (χ2v) is 7.94. The quantitative estimate of drug-likeness (QED) is 0.728. The van der Waals surface area contributed by atoms with Gasteiger partial charge in [0.05, 0.1) is 18.2 Å². The van der Waals surface area contributed by atoms with E-state index >= 15 is 0 Å². The molecule has 0 radical (unpaired) electrons. The molecular formula is C20H25N7O. The van der Waals surface area contributed by atoms with Gasteiger partial charge in [0.25, 0.3) is 0 Å². The van der Waals surface area contributed by atoms with E-state index < -0.39 is 0 Å². The minimum atomic E-state index is 0.525. The summed E-state index contributed by atoms with van der Waals surface area (Å²) < 4.78 is 6.16. The number of nitrogens with one attached hydrogen (secondary N) is 1. The van der Waals surface area contributed by atoms with Crippen LogP contribution in [0.3, 0.4) is 0 Å². The van der Waals surface area contributed by atoms with Crippen molar-refractivity contribution in [3.63, 3.8) is 0 Å². The minimum absolute atomic E-state index is 0.525. The largest absolute Gasteiger partial charge is 0.477 e. The highest BCUT2D eigenvalue weighted by Gasteiger charge is 2.28. The molecule has 2 fully saturated rings. The van der Waals surface area contributed by atoms with E-state index in [9.17, 15) is 0 Å². The smallest absolute Gasteiger partial charge is 0.219 e. The molecule has 0 atom stereocenters. The van der Waals surface area contributed by atoms with Crippen LogP contribution in [0.25, 0.3) is 11.0 Å². The molecule has 1 saturated heterocycles. The lowest BCUT2D eigenvalue weighted by Crippen LogP contribution is -2.36. The van der Waals surface area contributed by atoms with Gasteiger partial charge in [0.15, 0.2) is 5.65 Å². The molecule has 1 aliphatic carbocycles. The van der Waals surface area contributed by atoms with Crippen LogP contribution in [0, 0.1) is 19.8 Å². The van der Waals surface area contributed by atoms with Gasteiger partial charge >= 0.3 is 0 Å². The molecule has 0 bridgehead atoms. The number of aromatic nitrogens is 6. The number of piperidine rings is 1. The fourth-order valence-electron chi connectivity index (χ4n) is 3.80. The maximum absolute atomic E-state index is 6.16. The number of H-pyrrole nitrogens is 1. The third-order valence-electron chi connectivity index (χ3n) is 5.90. The first kappa shape index (κ1) is 17.3. The second-order valence-electron chi connectivity index (χ2n) is 7.94. The number of aromatic amines is 1. The molecule has 1 saturated carbocycles. The van der Waals surface area contributed by atoms with E-state index in [0.29, 0.717) is 18.4 Å². The Morgan fingerprint density at radius 1 is 1.11 bits per heavy atom. The topological polar surface area (TPSA) is 92.7 Å². The summed E-state index contributed by atoms with van der Waals surface area (Å²) in [5.41, 5.74) is 2.89. The third kappa shape index (κ3) is 3.27. The molecule has 8 heteroatoms. The van der Waals surface area contributed by atoms with E-state index in [0.717, 1.165) is 65.7 Å². The molecule has 2 aliphatic rings. The third-order valence-corrected chi connectivity index (χ3v) is 5.90. The molecule has 146 valence electrons. The standard InChI is InChI=1S/C20H25N7O/c1-12-13(2)24-17(15-3-4-15)25-20(12)28-10-14-5-7-27(8-6-14)19-16-9-23-26-18(16)21-11-22-19/h9,11,14-15H,3-8,10H2,1-2H3,(H,21,22,23,26). The summed E-state index contributed by atoms with van der Waals surface area (Å²) in [7, 11) is 0. The zero-order chi connectivity index (χ0) is 19.1. The van der Waals surface area contributed by atoms with Crippen molar-refractivity contribution in [3.05, 3.63) is 29.6 Å². The van der Waals surface area contributed by atoms with Gasteiger partial charge in [0.1, 0.15) is 18.0 Å². The lowest BCUT2D eigenvalue weighted by atomic mass is 9.97. The average molecular weight is 379 g/mol. The molecule has 3 aromatic rings. The number of anilines is 1. The molecular weight excluding hydrogens is 354 g/mol. The van der Waals surface area contributed by atoms with Gasteiger partial charge in [0.2, 0.25) is 5.88 Å². The normalized spacial score (nSPS) is 18.0. The van der Waals surface area contributed by atoms with Crippen LogP contribution in [0.4, 0.5) is 5.82 Å². The average Bonchev–Trinajstić information content (AvgIpc) is 3.46. The van der Waals surface area contributed by atoms with Crippen LogP contribution in [0.1, 0.15) is 48.7 Å². The zero-order valence-electron chi connectivity index (χ0n) is 16.4. The van der Waals surface area contributed by atoms with Gasteiger partial charge < -0.3 is 9.64 Å². The summed E-state index contributed by atoms with van der Waals surface area (Å²) in [5.74, 6) is 3.76. The maximum atomic E-state index is 6.16. The van der Waals surface area contributed by atoms with Crippen molar-refractivity contribution < 1.29 is 4.74 Å². The number of rotatable bonds is 5. The van der Waals surface area contributed by atoms with Gasteiger partial charge in [0, 0.05) is 30.3 Å². The number of nitrogens with zero attached hydrogens (tertiary/aromatic N) is 6. The Labute approximate surface area is 163 Å². The summed E-state index contributed by atoms with van der Waals surface area (Å²) in [5, 5.41) is 7.98. The van der Waals surface area contributed by atoms with Crippen LogP contribution in [0.5, 0.6) is 5.88 Å². The van der Waals surface area contributed by atoms with Gasteiger partial charge in [-0.15, -0.1) is 0 Å². The van der Waals surface area contributed by atoms with E-state index in [2.05, 4.69) is 37.0 Å². The number of hydrogen-bond donors (Lipinski definition) is 1. The summed E-state index contributed by atoms with van der Waals surface area (Å²) in [6, 6.07) is 0. The van der Waals surface area contributed by atoms with Gasteiger partial charge in [-0.25, -0.2) is 15.0 Å². The highest BCUT2D eigenvalue weighted by molar-refractivity contribution is 5.86. The summed E-state index contributed by atoms with van der Waals surface area (Å²) >= 11 is 0. The lowest BCUT2D eigenvalue weighted by Gasteiger charge is -2.32. The highest BCUT2D eigenvalue weighted by Crippen LogP contribution is 2.39. The van der Waals surface area contributed by atoms with Crippen LogP contribution in [0.2, 0.25) is 0 Å². The molecule has 28 heavy (non-hydrogen) atoms. The Morgan fingerprint density at radius 3 is 2.71 bits per heavy atom. The monoisotopic (exact) mass is 379 g/mol. The van der Waals surface area contributed by atoms with Crippen molar-refractivity contribution >= 4 is 16.9 Å². The predicted octanol–water partition coefficient (Wildman–Crippen LogP) is 2.93. The summed E-state index contributed by atoms with van der Waals surface area (Å²) in [6.07, 6.45) is 7.95. The Kier molecular flexibility index (Phi) is 4.33. The first-order valence-corrected chi connectivity index (χ1v) is 10.1. The van der Waals surface area contributed by atoms with E-state index in [1.54, 1.807) is 12.5 Å². The van der Waals surface area contributed by atoms with E-state index in [1.807, 2.05) is 6.92 Å². The van der Waals surface area contributed by atoms with E-state index in [1.165, 1.54) is 12.8 Å². The highest BCUT2D eigenvalue weighted by atomic mass is 16.5. The molecule has 0 unspecified atom stereocenters. The molecule has 1 N–H and O–H groups in total. The molecule has 1 aliphatic heterocycles. The Bertz CT molecular complexity index is 989. The van der Waals surface area contributed by atoms with Crippen molar-refractivity contribution in [2.24, 2.45) is 5.92 Å². The van der Waals surface area contributed by atoms with Crippen molar-refractivity contribution in [2.75, 3.05) is 24.6 Å². The fourth-order valence-corrected chi connectivity index (χ4v) is 3.80. The maximum Gasteiger partial charge on any atom is 0.219 e. The number of ether oxygens (including phenoxy) is 1. The number of hydrogen-bond acceptors (Lipinski definition) is 7. The first-order chi connectivity index (χ1) is 13.7. The zero-order valence-corrected chi connectivity index (χ0v) is 16.4. The van der Waals surface area contributed by atoms with Gasteiger partial charge in [-0.05, 0) is 45.4 Å². The summed E-state index contributed by atoms with van der Waals surface area (Å²) in [4.78, 5) is 20.4. The first-order valence-electron chi connectivity index (χ1n) is 10.1. The lowest BCUT2D eigenvalue weighted by molar-refractivity contribution is 0.213. The molecule has 3 aromatic heterocycles. The second kappa shape index (κ2) is 7.00. The van der Waals surface area contributed by atoms with E-state index in [4.69, 9.17) is 9.72 Å². The van der Waals surface area contributed by atoms with Crippen LogP contribution in [-0.2, 0) is 0 Å². The minimum Gasteiger partial charge on any atom is -0.477 e. The van der Waals surface area contributed by atoms with Crippen molar-refractivity contribution in [3.8, 4) is 5.88 Å². The van der Waals surface area contributed by atoms with Crippen molar-refractivity contribution in [1.82, 2.24) is 30.1 Å². The Hall–Kier alpha value is -2.77. The summed E-state index contributed by atoms with van der Waals surface area (Å²) in [6.45, 7) is 6.72. The van der Waals surface area contributed by atoms with Gasteiger partial charge in [-0.3, -0.25) is 5.10 Å². The SMILES string of the molecule is Cc1nc(C2CC2)nc(OCC2CCN(c3ncnc4[nH]ncc34)CC2)c1C. The molecule has 0 aromatic carbocycles. The molecule has 4 heterocycles. The van der Waals surface area contributed by atoms with Crippen LogP contribution < -0.4 is 9.64 Å². The molecule has 0 amide bonds. The van der Waals surface area contributed by atoms with Crippen LogP contribution in [-0.4, -0.2) is 49.8 Å². The van der Waals surface area contributed by atoms with Crippen molar-refractivity contribution in [1.29, 1.82) is 0 Å². The number of fused-ring (bicyclic) bond motifs is 1. The number of aryl methyl sites for hydroxylation is 1. The Balaban J connectivity index is 1.22. The van der Waals surface area contributed by atoms with E-state index in [-0.39, 0.29) is 0 Å². The van der Waals surface area contributed by atoms with Crippen molar-refractivity contribution in [2.45, 2.75) is 45.4 Å². The van der Waals surface area contributed by atoms with Crippen LogP contribution in [0.15, 0.2) is 12.5 Å². The van der Waals surface area contributed by atoms with Gasteiger partial charge in [-0.1, -0.05) is 0 Å². The van der Waals surface area contributed by atoms with Crippen LogP contribution >= 0.6 is 0 Å². The van der Waals surface area contributed by atoms with Gasteiger partial charge in [-0.2, -0.15) is 10.1 Å². The predicted molar refractivity (Wildman–Crippen MR) is 106 cm³/mol. The molecule has 8 nitrogen and oxygen atoms in total. The molecule has 5 rings (SSSR count).